The Labute approximate surface area is 112 Å². The Morgan fingerprint density at radius 2 is 1.89 bits per heavy atom. The molecule has 2 aromatic carbocycles. The molecule has 3 heteroatoms. The van der Waals surface area contributed by atoms with E-state index in [1.54, 1.807) is 0 Å². The molecule has 1 aromatic heterocycles. The van der Waals surface area contributed by atoms with Gasteiger partial charge in [0.15, 0.2) is 0 Å². The van der Waals surface area contributed by atoms with Crippen molar-refractivity contribution >= 4 is 16.6 Å². The van der Waals surface area contributed by atoms with Gasteiger partial charge in [0.1, 0.15) is 12.4 Å². The van der Waals surface area contributed by atoms with E-state index in [1.165, 1.54) is 5.56 Å². The predicted octanol–water partition coefficient (Wildman–Crippen LogP) is 3.79. The standard InChI is InChI=1S/C16H16N2O/c1-17-14-10-18-13-8-5-9-15(16(13)14)19-11-12-6-3-2-4-7-12/h2-10,17-18H,11H2,1H3. The van der Waals surface area contributed by atoms with Gasteiger partial charge in [-0.2, -0.15) is 0 Å². The quantitative estimate of drug-likeness (QED) is 0.741. The number of rotatable bonds is 4. The van der Waals surface area contributed by atoms with E-state index in [2.05, 4.69) is 22.4 Å². The molecule has 0 aliphatic rings. The lowest BCUT2D eigenvalue weighted by Crippen LogP contribution is -1.96. The highest BCUT2D eigenvalue weighted by Crippen LogP contribution is 2.32. The summed E-state index contributed by atoms with van der Waals surface area (Å²) in [6, 6.07) is 16.2. The summed E-state index contributed by atoms with van der Waals surface area (Å²) < 4.78 is 5.95. The highest BCUT2D eigenvalue weighted by molar-refractivity contribution is 5.97. The molecular weight excluding hydrogens is 236 g/mol. The van der Waals surface area contributed by atoms with Gasteiger partial charge < -0.3 is 15.0 Å². The molecule has 3 aromatic rings. The maximum atomic E-state index is 5.95. The molecule has 3 nitrogen and oxygen atoms in total. The van der Waals surface area contributed by atoms with E-state index < -0.39 is 0 Å². The molecule has 96 valence electrons. The fourth-order valence-electron chi connectivity index (χ4n) is 2.20. The van der Waals surface area contributed by atoms with Crippen molar-refractivity contribution in [3.8, 4) is 5.75 Å². The van der Waals surface area contributed by atoms with Gasteiger partial charge in [0.25, 0.3) is 0 Å². The van der Waals surface area contributed by atoms with Gasteiger partial charge in [-0.1, -0.05) is 36.4 Å². The van der Waals surface area contributed by atoms with Crippen LogP contribution >= 0.6 is 0 Å². The molecule has 0 unspecified atom stereocenters. The lowest BCUT2D eigenvalue weighted by atomic mass is 10.2. The summed E-state index contributed by atoms with van der Waals surface area (Å²) >= 11 is 0. The van der Waals surface area contributed by atoms with Crippen molar-refractivity contribution in [2.45, 2.75) is 6.61 Å². The number of ether oxygens (including phenoxy) is 1. The maximum Gasteiger partial charge on any atom is 0.131 e. The van der Waals surface area contributed by atoms with E-state index in [9.17, 15) is 0 Å². The average Bonchev–Trinajstić information content (AvgIpc) is 2.90. The van der Waals surface area contributed by atoms with Gasteiger partial charge in [0.05, 0.1) is 16.6 Å². The van der Waals surface area contributed by atoms with Crippen LogP contribution < -0.4 is 10.1 Å². The highest BCUT2D eigenvalue weighted by atomic mass is 16.5. The van der Waals surface area contributed by atoms with Crippen LogP contribution in [0.4, 0.5) is 5.69 Å². The Kier molecular flexibility index (Phi) is 3.11. The van der Waals surface area contributed by atoms with Crippen molar-refractivity contribution in [3.63, 3.8) is 0 Å². The van der Waals surface area contributed by atoms with Crippen molar-refractivity contribution in [1.82, 2.24) is 4.98 Å². The zero-order valence-electron chi connectivity index (χ0n) is 10.8. The first-order chi connectivity index (χ1) is 9.38. The second-order valence-electron chi connectivity index (χ2n) is 4.41. The molecular formula is C16H16N2O. The Balaban J connectivity index is 1.90. The van der Waals surface area contributed by atoms with Gasteiger partial charge in [-0.15, -0.1) is 0 Å². The van der Waals surface area contributed by atoms with Crippen LogP contribution in [0.1, 0.15) is 5.56 Å². The minimum absolute atomic E-state index is 0.578. The fourth-order valence-corrected chi connectivity index (χ4v) is 2.20. The lowest BCUT2D eigenvalue weighted by Gasteiger charge is -2.09. The topological polar surface area (TPSA) is 37.0 Å². The van der Waals surface area contributed by atoms with E-state index in [0.717, 1.165) is 22.3 Å². The Morgan fingerprint density at radius 3 is 2.68 bits per heavy atom. The molecule has 3 rings (SSSR count). The monoisotopic (exact) mass is 252 g/mol. The summed E-state index contributed by atoms with van der Waals surface area (Å²) in [6.45, 7) is 0.578. The molecule has 19 heavy (non-hydrogen) atoms. The second kappa shape index (κ2) is 5.06. The van der Waals surface area contributed by atoms with Gasteiger partial charge in [-0.05, 0) is 17.7 Å². The van der Waals surface area contributed by atoms with Gasteiger partial charge in [-0.3, -0.25) is 0 Å². The molecule has 0 aliphatic heterocycles. The first-order valence-corrected chi connectivity index (χ1v) is 6.33. The van der Waals surface area contributed by atoms with Crippen LogP contribution in [0.3, 0.4) is 0 Å². The first kappa shape index (κ1) is 11.7. The number of H-pyrrole nitrogens is 1. The van der Waals surface area contributed by atoms with Crippen LogP contribution in [0.25, 0.3) is 10.9 Å². The molecule has 0 spiro atoms. The number of hydrogen-bond acceptors (Lipinski definition) is 2. The molecule has 0 radical (unpaired) electrons. The minimum Gasteiger partial charge on any atom is -0.488 e. The lowest BCUT2D eigenvalue weighted by molar-refractivity contribution is 0.310. The molecule has 2 N–H and O–H groups in total. The molecule has 0 saturated carbocycles. The van der Waals surface area contributed by atoms with Gasteiger partial charge in [0.2, 0.25) is 0 Å². The molecule has 0 aliphatic carbocycles. The van der Waals surface area contributed by atoms with E-state index in [4.69, 9.17) is 4.74 Å². The number of benzene rings is 2. The SMILES string of the molecule is CNc1c[nH]c2cccc(OCc3ccccc3)c12. The van der Waals surface area contributed by atoms with Crippen molar-refractivity contribution in [2.24, 2.45) is 0 Å². The normalized spacial score (nSPS) is 10.6. The Hall–Kier alpha value is -2.42. The van der Waals surface area contributed by atoms with E-state index in [1.807, 2.05) is 49.6 Å². The van der Waals surface area contributed by atoms with Gasteiger partial charge in [0, 0.05) is 13.2 Å². The molecule has 0 fully saturated rings. The summed E-state index contributed by atoms with van der Waals surface area (Å²) in [5.74, 6) is 0.895. The van der Waals surface area contributed by atoms with Crippen molar-refractivity contribution in [1.29, 1.82) is 0 Å². The summed E-state index contributed by atoms with van der Waals surface area (Å²) in [5.41, 5.74) is 3.30. The summed E-state index contributed by atoms with van der Waals surface area (Å²) in [7, 11) is 1.91. The van der Waals surface area contributed by atoms with Crippen LogP contribution in [-0.2, 0) is 6.61 Å². The van der Waals surface area contributed by atoms with E-state index >= 15 is 0 Å². The third-order valence-corrected chi connectivity index (χ3v) is 3.17. The second-order valence-corrected chi connectivity index (χ2v) is 4.41. The smallest absolute Gasteiger partial charge is 0.131 e. The Morgan fingerprint density at radius 1 is 1.05 bits per heavy atom. The van der Waals surface area contributed by atoms with E-state index in [0.29, 0.717) is 6.61 Å². The molecule has 0 amide bonds. The third-order valence-electron chi connectivity index (χ3n) is 3.17. The predicted molar refractivity (Wildman–Crippen MR) is 78.6 cm³/mol. The number of fused-ring (bicyclic) bond motifs is 1. The van der Waals surface area contributed by atoms with Crippen molar-refractivity contribution in [2.75, 3.05) is 12.4 Å². The van der Waals surface area contributed by atoms with Crippen LogP contribution in [0.5, 0.6) is 5.75 Å². The zero-order chi connectivity index (χ0) is 13.1. The number of aromatic amines is 1. The van der Waals surface area contributed by atoms with Crippen molar-refractivity contribution < 1.29 is 4.74 Å². The Bertz CT molecular complexity index is 674. The van der Waals surface area contributed by atoms with Crippen molar-refractivity contribution in [3.05, 3.63) is 60.3 Å². The molecule has 0 saturated heterocycles. The maximum absolute atomic E-state index is 5.95. The van der Waals surface area contributed by atoms with Crippen LogP contribution in [0, 0.1) is 0 Å². The number of anilines is 1. The van der Waals surface area contributed by atoms with Crippen LogP contribution in [-0.4, -0.2) is 12.0 Å². The first-order valence-electron chi connectivity index (χ1n) is 6.33. The average molecular weight is 252 g/mol. The zero-order valence-corrected chi connectivity index (χ0v) is 10.8. The number of nitrogens with one attached hydrogen (secondary N) is 2. The fraction of sp³-hybridized carbons (Fsp3) is 0.125. The largest absolute Gasteiger partial charge is 0.488 e. The minimum atomic E-state index is 0.578. The van der Waals surface area contributed by atoms with E-state index in [-0.39, 0.29) is 0 Å². The summed E-state index contributed by atoms with van der Waals surface area (Å²) in [6.07, 6.45) is 1.96. The van der Waals surface area contributed by atoms with Crippen LogP contribution in [0.15, 0.2) is 54.7 Å². The molecule has 0 bridgehead atoms. The third kappa shape index (κ3) is 2.27. The summed E-state index contributed by atoms with van der Waals surface area (Å²) in [5, 5.41) is 4.28. The number of hydrogen-bond donors (Lipinski definition) is 2. The highest BCUT2D eigenvalue weighted by Gasteiger charge is 2.08. The van der Waals surface area contributed by atoms with Gasteiger partial charge in [-0.25, -0.2) is 0 Å². The van der Waals surface area contributed by atoms with Gasteiger partial charge >= 0.3 is 0 Å². The summed E-state index contributed by atoms with van der Waals surface area (Å²) in [4.78, 5) is 3.24. The number of aromatic nitrogens is 1. The molecule has 0 atom stereocenters. The van der Waals surface area contributed by atoms with Crippen LogP contribution in [0.2, 0.25) is 0 Å². The molecule has 1 heterocycles.